The number of hydrogen-bond acceptors (Lipinski definition) is 4. The van der Waals surface area contributed by atoms with E-state index in [0.717, 1.165) is 6.92 Å². The van der Waals surface area contributed by atoms with Crippen molar-refractivity contribution in [2.75, 3.05) is 13.1 Å². The van der Waals surface area contributed by atoms with E-state index >= 15 is 0 Å². The van der Waals surface area contributed by atoms with Gasteiger partial charge in [-0.2, -0.15) is 0 Å². The zero-order chi connectivity index (χ0) is 16.3. The third-order valence-corrected chi connectivity index (χ3v) is 4.78. The van der Waals surface area contributed by atoms with Crippen LogP contribution in [-0.4, -0.2) is 41.7 Å². The van der Waals surface area contributed by atoms with Gasteiger partial charge in [0.25, 0.3) is 5.92 Å². The second-order valence-corrected chi connectivity index (χ2v) is 7.02. The van der Waals surface area contributed by atoms with E-state index in [2.05, 4.69) is 5.32 Å². The van der Waals surface area contributed by atoms with Crippen molar-refractivity contribution in [3.05, 3.63) is 0 Å². The average molecular weight is 305 g/mol. The van der Waals surface area contributed by atoms with Gasteiger partial charge in [-0.05, 0) is 40.7 Å². The van der Waals surface area contributed by atoms with Crippen molar-refractivity contribution in [1.29, 1.82) is 0 Å². The van der Waals surface area contributed by atoms with Crippen molar-refractivity contribution in [3.8, 4) is 0 Å². The number of piperidine rings is 1. The number of aliphatic carboxylic acids is 1. The van der Waals surface area contributed by atoms with E-state index in [0.29, 0.717) is 0 Å². The van der Waals surface area contributed by atoms with E-state index < -0.39 is 40.2 Å². The fraction of sp³-hybridized carbons (Fsp3) is 0.857. The SMILES string of the molecule is CC(C)(C)OC(=O)C1CNCCC12C(F)(F)C2(C)C(=O)O. The smallest absolute Gasteiger partial charge is 0.316 e. The first-order valence-corrected chi connectivity index (χ1v) is 6.96. The summed E-state index contributed by atoms with van der Waals surface area (Å²) in [6, 6.07) is 0. The molecule has 0 aromatic rings. The van der Waals surface area contributed by atoms with E-state index in [1.54, 1.807) is 20.8 Å². The minimum absolute atomic E-state index is 0.00731. The third kappa shape index (κ3) is 1.89. The Morgan fingerprint density at radius 3 is 2.33 bits per heavy atom. The van der Waals surface area contributed by atoms with Crippen molar-refractivity contribution in [3.63, 3.8) is 0 Å². The zero-order valence-electron chi connectivity index (χ0n) is 12.6. The fourth-order valence-corrected chi connectivity index (χ4v) is 3.56. The highest BCUT2D eigenvalue weighted by atomic mass is 19.3. The number of carbonyl (C=O) groups is 2. The second-order valence-electron chi connectivity index (χ2n) is 7.02. The predicted molar refractivity (Wildman–Crippen MR) is 69.9 cm³/mol. The lowest BCUT2D eigenvalue weighted by Crippen LogP contribution is -2.48. The Morgan fingerprint density at radius 1 is 1.33 bits per heavy atom. The van der Waals surface area contributed by atoms with Crippen LogP contribution in [0, 0.1) is 16.7 Å². The summed E-state index contributed by atoms with van der Waals surface area (Å²) in [6.45, 7) is 6.24. The first-order valence-electron chi connectivity index (χ1n) is 6.96. The molecule has 1 spiro atoms. The molecule has 0 bridgehead atoms. The number of ether oxygens (including phenoxy) is 1. The molecule has 21 heavy (non-hydrogen) atoms. The summed E-state index contributed by atoms with van der Waals surface area (Å²) in [5, 5.41) is 12.1. The first-order chi connectivity index (χ1) is 9.42. The van der Waals surface area contributed by atoms with Gasteiger partial charge in [-0.1, -0.05) is 0 Å². The van der Waals surface area contributed by atoms with Gasteiger partial charge < -0.3 is 15.2 Å². The van der Waals surface area contributed by atoms with Crippen LogP contribution in [0.4, 0.5) is 8.78 Å². The summed E-state index contributed by atoms with van der Waals surface area (Å²) < 4.78 is 34.0. The van der Waals surface area contributed by atoms with Crippen LogP contribution >= 0.6 is 0 Å². The number of carboxylic acids is 1. The molecule has 0 amide bonds. The predicted octanol–water partition coefficient (Wildman–Crippen LogP) is 1.66. The largest absolute Gasteiger partial charge is 0.481 e. The minimum atomic E-state index is -3.42. The number of halogens is 2. The molecule has 2 aliphatic rings. The minimum Gasteiger partial charge on any atom is -0.481 e. The molecule has 0 aromatic heterocycles. The van der Waals surface area contributed by atoms with E-state index in [-0.39, 0.29) is 19.5 Å². The van der Waals surface area contributed by atoms with Gasteiger partial charge in [0.15, 0.2) is 0 Å². The Bertz CT molecular complexity index is 488. The Balaban J connectivity index is 2.38. The Kier molecular flexibility index (Phi) is 3.36. The van der Waals surface area contributed by atoms with Crippen LogP contribution in [0.3, 0.4) is 0 Å². The molecule has 1 saturated carbocycles. The third-order valence-electron chi connectivity index (χ3n) is 4.78. The molecule has 0 radical (unpaired) electrons. The number of esters is 1. The van der Waals surface area contributed by atoms with Crippen LogP contribution in [0.25, 0.3) is 0 Å². The highest BCUT2D eigenvalue weighted by Gasteiger charge is 2.95. The van der Waals surface area contributed by atoms with Crippen molar-refractivity contribution in [2.24, 2.45) is 16.7 Å². The lowest BCUT2D eigenvalue weighted by atomic mass is 9.76. The Labute approximate surface area is 122 Å². The average Bonchev–Trinajstić information content (AvgIpc) is 2.70. The van der Waals surface area contributed by atoms with E-state index in [9.17, 15) is 23.5 Å². The number of nitrogens with one attached hydrogen (secondary N) is 1. The zero-order valence-corrected chi connectivity index (χ0v) is 12.6. The Morgan fingerprint density at radius 2 is 1.90 bits per heavy atom. The quantitative estimate of drug-likeness (QED) is 0.759. The molecule has 2 rings (SSSR count). The van der Waals surface area contributed by atoms with E-state index in [1.807, 2.05) is 0 Å². The van der Waals surface area contributed by atoms with Gasteiger partial charge in [0.1, 0.15) is 11.0 Å². The summed E-state index contributed by atoms with van der Waals surface area (Å²) in [6.07, 6.45) is -0.0628. The van der Waals surface area contributed by atoms with Crippen LogP contribution in [0.2, 0.25) is 0 Å². The van der Waals surface area contributed by atoms with Crippen LogP contribution in [-0.2, 0) is 14.3 Å². The maximum Gasteiger partial charge on any atom is 0.316 e. The molecule has 1 saturated heterocycles. The van der Waals surface area contributed by atoms with Crippen molar-refractivity contribution in [2.45, 2.75) is 45.6 Å². The molecule has 0 aromatic carbocycles. The second kappa shape index (κ2) is 4.38. The summed E-state index contributed by atoms with van der Waals surface area (Å²) >= 11 is 0. The van der Waals surface area contributed by atoms with Gasteiger partial charge in [0.05, 0.1) is 11.3 Å². The Hall–Kier alpha value is -1.24. The first kappa shape index (κ1) is 16.1. The molecule has 1 aliphatic heterocycles. The van der Waals surface area contributed by atoms with Crippen LogP contribution in [0.5, 0.6) is 0 Å². The van der Waals surface area contributed by atoms with Gasteiger partial charge in [-0.25, -0.2) is 8.78 Å². The molecule has 1 aliphatic carbocycles. The maximum atomic E-state index is 14.4. The summed E-state index contributed by atoms with van der Waals surface area (Å²) in [5.74, 6) is -6.92. The van der Waals surface area contributed by atoms with E-state index in [4.69, 9.17) is 4.74 Å². The number of hydrogen-bond donors (Lipinski definition) is 2. The molecule has 3 atom stereocenters. The summed E-state index contributed by atoms with van der Waals surface area (Å²) in [7, 11) is 0. The molecule has 7 heteroatoms. The van der Waals surface area contributed by atoms with Gasteiger partial charge in [-0.3, -0.25) is 9.59 Å². The highest BCUT2D eigenvalue weighted by Crippen LogP contribution is 2.80. The molecular weight excluding hydrogens is 284 g/mol. The lowest BCUT2D eigenvalue weighted by Gasteiger charge is -2.34. The molecular formula is C14H21F2NO4. The van der Waals surface area contributed by atoms with Gasteiger partial charge in [-0.15, -0.1) is 0 Å². The van der Waals surface area contributed by atoms with Crippen molar-refractivity contribution < 1.29 is 28.2 Å². The monoisotopic (exact) mass is 305 g/mol. The molecule has 1 heterocycles. The van der Waals surface area contributed by atoms with Crippen LogP contribution in [0.15, 0.2) is 0 Å². The van der Waals surface area contributed by atoms with Crippen LogP contribution in [0.1, 0.15) is 34.1 Å². The van der Waals surface area contributed by atoms with Gasteiger partial charge >= 0.3 is 11.9 Å². The standard InChI is InChI=1S/C14H21F2NO4/c1-11(2,3)21-9(18)8-7-17-6-5-13(8)12(4,10(19)20)14(13,15)16/h8,17H,5-7H2,1-4H3,(H,19,20). The fourth-order valence-electron chi connectivity index (χ4n) is 3.56. The molecule has 120 valence electrons. The van der Waals surface area contributed by atoms with Gasteiger partial charge in [0, 0.05) is 6.54 Å². The molecule has 2 N–H and O–H groups in total. The highest BCUT2D eigenvalue weighted by molar-refractivity contribution is 5.87. The van der Waals surface area contributed by atoms with Crippen LogP contribution < -0.4 is 5.32 Å². The van der Waals surface area contributed by atoms with E-state index in [1.165, 1.54) is 0 Å². The number of rotatable bonds is 2. The molecule has 2 fully saturated rings. The van der Waals surface area contributed by atoms with Crippen molar-refractivity contribution in [1.82, 2.24) is 5.32 Å². The molecule has 5 nitrogen and oxygen atoms in total. The summed E-state index contributed by atoms with van der Waals surface area (Å²) in [5.41, 5.74) is -4.89. The maximum absolute atomic E-state index is 14.4. The molecule has 3 unspecified atom stereocenters. The number of carboxylic acid groups (broad SMARTS) is 1. The van der Waals surface area contributed by atoms with Gasteiger partial charge in [0.2, 0.25) is 0 Å². The van der Waals surface area contributed by atoms with Crippen molar-refractivity contribution >= 4 is 11.9 Å². The lowest BCUT2D eigenvalue weighted by molar-refractivity contribution is -0.166. The number of alkyl halides is 2. The normalized spacial score (nSPS) is 38.1. The summed E-state index contributed by atoms with van der Waals surface area (Å²) in [4.78, 5) is 23.7. The topological polar surface area (TPSA) is 75.6 Å². The number of carbonyl (C=O) groups excluding carboxylic acids is 1.